The number of hydrogen-bond donors (Lipinski definition) is 1. The molecule has 22 heavy (non-hydrogen) atoms. The zero-order valence-electron chi connectivity index (χ0n) is 12.9. The van der Waals surface area contributed by atoms with Gasteiger partial charge in [-0.3, -0.25) is 4.68 Å². The fraction of sp³-hybridized carbons (Fsp3) is 0.786. The van der Waals surface area contributed by atoms with E-state index in [0.29, 0.717) is 13.2 Å². The summed E-state index contributed by atoms with van der Waals surface area (Å²) in [6.07, 6.45) is 5.71. The van der Waals surface area contributed by atoms with Crippen LogP contribution in [-0.4, -0.2) is 53.8 Å². The molecule has 0 bridgehead atoms. The topological polar surface area (TPSA) is 90.5 Å². The number of hydrogen-bond acceptors (Lipinski definition) is 5. The van der Waals surface area contributed by atoms with E-state index in [2.05, 4.69) is 5.10 Å². The average Bonchev–Trinajstić information content (AvgIpc) is 2.94. The van der Waals surface area contributed by atoms with Gasteiger partial charge in [-0.1, -0.05) is 6.42 Å². The van der Waals surface area contributed by atoms with E-state index in [1.54, 1.807) is 17.4 Å². The molecule has 0 aliphatic carbocycles. The molecule has 0 aromatic carbocycles. The smallest absolute Gasteiger partial charge is 0.260 e. The molecule has 3 unspecified atom stereocenters. The van der Waals surface area contributed by atoms with Crippen LogP contribution in [0.5, 0.6) is 0 Å². The lowest BCUT2D eigenvalue weighted by atomic mass is 9.93. The molecule has 3 atom stereocenters. The third-order valence-electron chi connectivity index (χ3n) is 4.63. The molecular weight excluding hydrogens is 304 g/mol. The largest absolute Gasteiger partial charge is 0.376 e. The van der Waals surface area contributed by atoms with Crippen molar-refractivity contribution in [1.29, 1.82) is 0 Å². The van der Waals surface area contributed by atoms with Gasteiger partial charge in [0.1, 0.15) is 0 Å². The molecule has 3 rings (SSSR count). The summed E-state index contributed by atoms with van der Waals surface area (Å²) in [6.45, 7) is 1.15. The van der Waals surface area contributed by atoms with Gasteiger partial charge in [-0.15, -0.1) is 0 Å². The average molecular weight is 328 g/mol. The van der Waals surface area contributed by atoms with E-state index >= 15 is 0 Å². The molecule has 0 radical (unpaired) electrons. The number of piperidine rings is 1. The zero-order chi connectivity index (χ0) is 15.7. The Morgan fingerprint density at radius 3 is 2.86 bits per heavy atom. The molecule has 124 valence electrons. The molecule has 0 amide bonds. The van der Waals surface area contributed by atoms with Crippen LogP contribution < -0.4 is 5.73 Å². The predicted molar refractivity (Wildman–Crippen MR) is 81.7 cm³/mol. The van der Waals surface area contributed by atoms with Gasteiger partial charge in [0, 0.05) is 26.2 Å². The summed E-state index contributed by atoms with van der Waals surface area (Å²) in [7, 11) is -1.90. The Bertz CT molecular complexity index is 615. The van der Waals surface area contributed by atoms with E-state index in [1.165, 1.54) is 10.9 Å². The molecular formula is C14H24N4O3S. The number of nitrogens with two attached hydrogens (primary N) is 1. The van der Waals surface area contributed by atoms with Gasteiger partial charge < -0.3 is 10.5 Å². The minimum Gasteiger partial charge on any atom is -0.376 e. The van der Waals surface area contributed by atoms with Gasteiger partial charge in [-0.05, 0) is 31.7 Å². The van der Waals surface area contributed by atoms with Gasteiger partial charge >= 0.3 is 0 Å². The Morgan fingerprint density at radius 1 is 1.36 bits per heavy atom. The van der Waals surface area contributed by atoms with Gasteiger partial charge in [0.05, 0.1) is 18.3 Å². The molecule has 2 saturated heterocycles. The lowest BCUT2D eigenvalue weighted by Gasteiger charge is -2.41. The van der Waals surface area contributed by atoms with Crippen molar-refractivity contribution in [1.82, 2.24) is 14.1 Å². The molecule has 7 nitrogen and oxygen atoms in total. The van der Waals surface area contributed by atoms with Crippen molar-refractivity contribution in [3.8, 4) is 0 Å². The van der Waals surface area contributed by atoms with E-state index in [1.807, 2.05) is 0 Å². The lowest BCUT2D eigenvalue weighted by Crippen LogP contribution is -2.53. The maximum absolute atomic E-state index is 13.0. The summed E-state index contributed by atoms with van der Waals surface area (Å²) < 4.78 is 34.8. The normalized spacial score (nSPS) is 31.3. The summed E-state index contributed by atoms with van der Waals surface area (Å²) in [6, 6.07) is 1.52. The van der Waals surface area contributed by atoms with Crippen LogP contribution in [0.3, 0.4) is 0 Å². The SMILES string of the molecule is Cn1nccc1S(=O)(=O)N1CCCCC1C1CC(N)CCO1. The van der Waals surface area contributed by atoms with Crippen LogP contribution in [0.25, 0.3) is 0 Å². The second-order valence-electron chi connectivity index (χ2n) is 6.17. The molecule has 2 fully saturated rings. The first-order valence-electron chi connectivity index (χ1n) is 7.87. The quantitative estimate of drug-likeness (QED) is 0.871. The number of rotatable bonds is 3. The van der Waals surface area contributed by atoms with Crippen molar-refractivity contribution in [3.63, 3.8) is 0 Å². The Kier molecular flexibility index (Phi) is 4.54. The number of sulfonamides is 1. The third kappa shape index (κ3) is 2.92. The Balaban J connectivity index is 1.88. The summed E-state index contributed by atoms with van der Waals surface area (Å²) in [4.78, 5) is 0. The van der Waals surface area contributed by atoms with Crippen LogP contribution >= 0.6 is 0 Å². The fourth-order valence-corrected chi connectivity index (χ4v) is 5.28. The number of aromatic nitrogens is 2. The van der Waals surface area contributed by atoms with E-state index in [-0.39, 0.29) is 23.2 Å². The minimum atomic E-state index is -3.55. The van der Waals surface area contributed by atoms with Crippen molar-refractivity contribution in [2.24, 2.45) is 12.8 Å². The van der Waals surface area contributed by atoms with Crippen molar-refractivity contribution in [2.45, 2.75) is 55.3 Å². The molecule has 1 aromatic heterocycles. The van der Waals surface area contributed by atoms with E-state index in [0.717, 1.165) is 32.1 Å². The molecule has 0 spiro atoms. The van der Waals surface area contributed by atoms with E-state index in [4.69, 9.17) is 10.5 Å². The van der Waals surface area contributed by atoms with Crippen LogP contribution in [0.15, 0.2) is 17.3 Å². The van der Waals surface area contributed by atoms with Gasteiger partial charge in [0.25, 0.3) is 10.0 Å². The highest BCUT2D eigenvalue weighted by Gasteiger charge is 2.40. The fourth-order valence-electron chi connectivity index (χ4n) is 3.46. The monoisotopic (exact) mass is 328 g/mol. The Morgan fingerprint density at radius 2 is 2.18 bits per heavy atom. The van der Waals surface area contributed by atoms with Crippen molar-refractivity contribution in [2.75, 3.05) is 13.2 Å². The van der Waals surface area contributed by atoms with Gasteiger partial charge in [-0.25, -0.2) is 8.42 Å². The van der Waals surface area contributed by atoms with Crippen molar-refractivity contribution in [3.05, 3.63) is 12.3 Å². The molecule has 8 heteroatoms. The summed E-state index contributed by atoms with van der Waals surface area (Å²) in [5.41, 5.74) is 6.04. The minimum absolute atomic E-state index is 0.0990. The summed E-state index contributed by atoms with van der Waals surface area (Å²) in [5.74, 6) is 0. The highest BCUT2D eigenvalue weighted by atomic mass is 32.2. The molecule has 2 aliphatic heterocycles. The van der Waals surface area contributed by atoms with E-state index < -0.39 is 10.0 Å². The highest BCUT2D eigenvalue weighted by Crippen LogP contribution is 2.30. The number of nitrogens with zero attached hydrogens (tertiary/aromatic N) is 3. The number of ether oxygens (including phenoxy) is 1. The molecule has 2 N–H and O–H groups in total. The number of aryl methyl sites for hydroxylation is 1. The summed E-state index contributed by atoms with van der Waals surface area (Å²) in [5, 5.41) is 4.22. The standard InChI is InChI=1S/C14H24N4O3S/c1-17-14(5-7-16-17)22(19,20)18-8-3-2-4-12(18)13-10-11(15)6-9-21-13/h5,7,11-13H,2-4,6,8-10,15H2,1H3. The van der Waals surface area contributed by atoms with Gasteiger partial charge in [-0.2, -0.15) is 9.40 Å². The first-order valence-corrected chi connectivity index (χ1v) is 9.31. The van der Waals surface area contributed by atoms with Crippen LogP contribution in [0.4, 0.5) is 0 Å². The second kappa shape index (κ2) is 6.27. The first-order chi connectivity index (χ1) is 10.5. The molecule has 0 saturated carbocycles. The first kappa shape index (κ1) is 15.9. The van der Waals surface area contributed by atoms with Crippen LogP contribution in [0, 0.1) is 0 Å². The summed E-state index contributed by atoms with van der Waals surface area (Å²) >= 11 is 0. The van der Waals surface area contributed by atoms with Crippen molar-refractivity contribution < 1.29 is 13.2 Å². The molecule has 2 aliphatic rings. The maximum Gasteiger partial charge on any atom is 0.260 e. The van der Waals surface area contributed by atoms with Gasteiger partial charge in [0.2, 0.25) is 0 Å². The van der Waals surface area contributed by atoms with Crippen LogP contribution in [0.1, 0.15) is 32.1 Å². The second-order valence-corrected chi connectivity index (χ2v) is 8.00. The van der Waals surface area contributed by atoms with Crippen LogP contribution in [0.2, 0.25) is 0 Å². The molecule has 3 heterocycles. The van der Waals surface area contributed by atoms with Crippen LogP contribution in [-0.2, 0) is 21.8 Å². The van der Waals surface area contributed by atoms with E-state index in [9.17, 15) is 8.42 Å². The maximum atomic E-state index is 13.0. The van der Waals surface area contributed by atoms with Crippen molar-refractivity contribution >= 4 is 10.0 Å². The Hall–Kier alpha value is -0.960. The predicted octanol–water partition coefficient (Wildman–Crippen LogP) is 0.470. The molecule has 1 aromatic rings. The highest BCUT2D eigenvalue weighted by molar-refractivity contribution is 7.89. The Labute approximate surface area is 131 Å². The lowest BCUT2D eigenvalue weighted by molar-refractivity contribution is -0.0387. The third-order valence-corrected chi connectivity index (χ3v) is 6.63. The van der Waals surface area contributed by atoms with Gasteiger partial charge in [0.15, 0.2) is 5.03 Å². The zero-order valence-corrected chi connectivity index (χ0v) is 13.7.